The first-order valence-electron chi connectivity index (χ1n) is 42.4. The Labute approximate surface area is 785 Å². The molecule has 3 heterocycles. The van der Waals surface area contributed by atoms with Gasteiger partial charge in [-0.2, -0.15) is 0 Å². The molecule has 5 N–H and O–H groups in total. The number of carbonyl (C=O) groups is 5. The number of halogens is 5. The van der Waals surface area contributed by atoms with Crippen molar-refractivity contribution in [2.45, 2.75) is 91.3 Å². The highest BCUT2D eigenvalue weighted by Gasteiger charge is 2.20. The van der Waals surface area contributed by atoms with Crippen LogP contribution in [0.2, 0.25) is 25.1 Å². The fourth-order valence-corrected chi connectivity index (χ4v) is 15.2. The topological polar surface area (TPSA) is 230 Å². The molecule has 0 aliphatic heterocycles. The number of pyridine rings is 3. The van der Waals surface area contributed by atoms with Crippen LogP contribution in [0.3, 0.4) is 0 Å². The highest BCUT2D eigenvalue weighted by molar-refractivity contribution is 6.32. The van der Waals surface area contributed by atoms with Gasteiger partial charge in [0, 0.05) is 146 Å². The van der Waals surface area contributed by atoms with Crippen molar-refractivity contribution in [1.82, 2.24) is 41.5 Å². The predicted octanol–water partition coefficient (Wildman–Crippen LogP) is 24.0. The summed E-state index contributed by atoms with van der Waals surface area (Å²) in [6, 6.07) is 89.5. The molecule has 1 fully saturated rings. The summed E-state index contributed by atoms with van der Waals surface area (Å²) in [5.74, 6) is 0.121. The number of hydrogen-bond acceptors (Lipinski definition) is 13. The molecule has 0 atom stereocenters. The van der Waals surface area contributed by atoms with Gasteiger partial charge in [0.2, 0.25) is 0 Å². The van der Waals surface area contributed by atoms with Crippen molar-refractivity contribution in [3.63, 3.8) is 0 Å². The molecule has 11 aromatic carbocycles. The Kier molecular flexibility index (Phi) is 39.4. The molecule has 0 saturated heterocycles. The van der Waals surface area contributed by atoms with Crippen molar-refractivity contribution >= 4 is 87.5 Å². The zero-order valence-corrected chi connectivity index (χ0v) is 76.8. The number of aromatic nitrogens is 3. The highest BCUT2D eigenvalue weighted by atomic mass is 35.5. The summed E-state index contributed by atoms with van der Waals surface area (Å²) in [5, 5.41) is 18.3. The number of rotatable bonds is 30. The van der Waals surface area contributed by atoms with E-state index in [1.165, 1.54) is 32.1 Å². The van der Waals surface area contributed by atoms with Gasteiger partial charge in [-0.25, -0.2) is 0 Å². The standard InChI is InChI=1S/C22H26ClNO2.C22H20ClNO2.3C21H19ClN2O2/c2*1-26-15-19-13-18(22(25)24-14-16-5-3-2-4-6-16)9-12-21(19)17-7-10-20(23)11-8-17;1-26-14-18-12-17(21(25)24-13-15-8-10-23-11-9-15)4-7-20(18)16-2-5-19(22)6-3-16;1-26-14-18-11-17(21(25)24-13-15-3-2-10-23-12-15)6-9-20(18)16-4-7-19(22)8-5-16;1-26-14-17-12-16(21(25)24-13-19-4-2-3-11-23-19)7-10-20(17)15-5-8-18(22)9-6-15/h7-13,16H,2-6,14-15H2,1H3,(H,24,25);2-13H,14-15H2,1H3,(H,24,25);3*2-12H,13-14H2,1H3,(H,24,25). The van der Waals surface area contributed by atoms with Crippen LogP contribution >= 0.6 is 58.0 Å². The normalized spacial score (nSPS) is 11.4. The summed E-state index contributed by atoms with van der Waals surface area (Å²) in [7, 11) is 8.23. The Bertz CT molecular complexity index is 5350. The first kappa shape index (κ1) is 98.1. The molecule has 666 valence electrons. The lowest BCUT2D eigenvalue weighted by Crippen LogP contribution is -2.30. The fraction of sp³-hybridized carbons (Fsp3) is 0.196. The number of amides is 5. The lowest BCUT2D eigenvalue weighted by Gasteiger charge is -2.21. The molecule has 14 aromatic rings. The molecule has 1 saturated carbocycles. The average Bonchev–Trinajstić information content (AvgIpc) is 0.835. The summed E-state index contributed by atoms with van der Waals surface area (Å²) >= 11 is 29.9. The van der Waals surface area contributed by atoms with E-state index in [1.54, 1.807) is 66.5 Å². The van der Waals surface area contributed by atoms with Crippen molar-refractivity contribution in [1.29, 1.82) is 0 Å². The van der Waals surface area contributed by atoms with Gasteiger partial charge in [0.25, 0.3) is 29.5 Å². The molecule has 18 nitrogen and oxygen atoms in total. The van der Waals surface area contributed by atoms with E-state index in [1.807, 2.05) is 285 Å². The van der Waals surface area contributed by atoms with Gasteiger partial charge in [0.1, 0.15) is 0 Å². The molecule has 130 heavy (non-hydrogen) atoms. The molecule has 1 aliphatic carbocycles. The lowest BCUT2D eigenvalue weighted by molar-refractivity contribution is 0.0936. The maximum absolute atomic E-state index is 12.6. The van der Waals surface area contributed by atoms with Gasteiger partial charge in [0.05, 0.1) is 45.3 Å². The Morgan fingerprint density at radius 3 is 0.900 bits per heavy atom. The highest BCUT2D eigenvalue weighted by Crippen LogP contribution is 2.34. The van der Waals surface area contributed by atoms with Gasteiger partial charge < -0.3 is 50.3 Å². The molecule has 0 unspecified atom stereocenters. The largest absolute Gasteiger partial charge is 0.380 e. The summed E-state index contributed by atoms with van der Waals surface area (Å²) in [4.78, 5) is 74.7. The molecule has 15 rings (SSSR count). The Balaban J connectivity index is 0.000000157. The van der Waals surface area contributed by atoms with Crippen LogP contribution in [0, 0.1) is 5.92 Å². The van der Waals surface area contributed by atoms with E-state index < -0.39 is 0 Å². The maximum atomic E-state index is 12.6. The van der Waals surface area contributed by atoms with Gasteiger partial charge >= 0.3 is 0 Å². The van der Waals surface area contributed by atoms with Gasteiger partial charge in [0.15, 0.2) is 0 Å². The summed E-state index contributed by atoms with van der Waals surface area (Å²) < 4.78 is 26.6. The van der Waals surface area contributed by atoms with Gasteiger partial charge in [-0.1, -0.05) is 211 Å². The zero-order chi connectivity index (χ0) is 91.8. The van der Waals surface area contributed by atoms with Crippen LogP contribution in [0.5, 0.6) is 0 Å². The monoisotopic (exact) mass is 1830 g/mol. The van der Waals surface area contributed by atoms with Crippen LogP contribution in [0.25, 0.3) is 55.6 Å². The van der Waals surface area contributed by atoms with E-state index in [4.69, 9.17) is 81.7 Å². The smallest absolute Gasteiger partial charge is 0.251 e. The first-order valence-corrected chi connectivity index (χ1v) is 44.3. The third kappa shape index (κ3) is 30.6. The van der Waals surface area contributed by atoms with Crippen molar-refractivity contribution in [2.24, 2.45) is 5.92 Å². The quantitative estimate of drug-likeness (QED) is 0.0282. The van der Waals surface area contributed by atoms with Crippen molar-refractivity contribution in [3.8, 4) is 55.6 Å². The SMILES string of the molecule is COCc1cc(C(=O)NCC2CCCCC2)ccc1-c1ccc(Cl)cc1.COCc1cc(C(=O)NCc2ccccc2)ccc1-c1ccc(Cl)cc1.COCc1cc(C(=O)NCc2ccccn2)ccc1-c1ccc(Cl)cc1.COCc1cc(C(=O)NCc2cccnc2)ccc1-c1ccc(Cl)cc1.COCc1cc(C(=O)NCc2ccncc2)ccc1-c1ccc(Cl)cc1. The minimum atomic E-state index is -0.143. The van der Waals surface area contributed by atoms with Crippen molar-refractivity contribution in [3.05, 3.63) is 419 Å². The van der Waals surface area contributed by atoms with Gasteiger partial charge in [-0.05, 0) is 271 Å². The molecule has 5 amide bonds. The van der Waals surface area contributed by atoms with Crippen LogP contribution in [-0.2, 0) is 82.9 Å². The molecule has 1 aliphatic rings. The Morgan fingerprint density at radius 1 is 0.292 bits per heavy atom. The maximum Gasteiger partial charge on any atom is 0.251 e. The van der Waals surface area contributed by atoms with Crippen LogP contribution in [0.1, 0.15) is 134 Å². The van der Waals surface area contributed by atoms with E-state index in [-0.39, 0.29) is 29.5 Å². The molecule has 0 spiro atoms. The number of ether oxygens (including phenoxy) is 5. The number of hydrogen-bond donors (Lipinski definition) is 5. The molecule has 3 aromatic heterocycles. The van der Waals surface area contributed by atoms with Crippen LogP contribution in [0.4, 0.5) is 0 Å². The Morgan fingerprint density at radius 2 is 0.592 bits per heavy atom. The van der Waals surface area contributed by atoms with E-state index in [9.17, 15) is 24.0 Å². The number of nitrogens with one attached hydrogen (secondary N) is 5. The van der Waals surface area contributed by atoms with Crippen molar-refractivity contribution < 1.29 is 47.7 Å². The first-order chi connectivity index (χ1) is 63.3. The van der Waals surface area contributed by atoms with Gasteiger partial charge in [-0.15, -0.1) is 0 Å². The lowest BCUT2D eigenvalue weighted by atomic mass is 9.89. The van der Waals surface area contributed by atoms with Crippen molar-refractivity contribution in [2.75, 3.05) is 42.1 Å². The summed E-state index contributed by atoms with van der Waals surface area (Å²) in [6.45, 7) is 4.70. The van der Waals surface area contributed by atoms with Crippen LogP contribution in [0.15, 0.2) is 316 Å². The number of methoxy groups -OCH3 is 5. The second-order valence-corrected chi connectivity index (χ2v) is 32.7. The van der Waals surface area contributed by atoms with E-state index in [2.05, 4.69) is 41.5 Å². The molecule has 23 heteroatoms. The second-order valence-electron chi connectivity index (χ2n) is 30.5. The average molecular weight is 1840 g/mol. The fourth-order valence-electron chi connectivity index (χ4n) is 14.6. The van der Waals surface area contributed by atoms with E-state index in [0.717, 1.165) is 112 Å². The predicted molar refractivity (Wildman–Crippen MR) is 521 cm³/mol. The molecular weight excluding hydrogens is 1730 g/mol. The van der Waals surface area contributed by atoms with E-state index >= 15 is 0 Å². The van der Waals surface area contributed by atoms with E-state index in [0.29, 0.717) is 118 Å². The summed E-state index contributed by atoms with van der Waals surface area (Å²) in [5.41, 5.74) is 22.1. The summed E-state index contributed by atoms with van der Waals surface area (Å²) in [6.07, 6.45) is 14.9. The van der Waals surface area contributed by atoms with Crippen LogP contribution in [-0.4, -0.2) is 86.6 Å². The third-order valence-corrected chi connectivity index (χ3v) is 22.5. The third-order valence-electron chi connectivity index (χ3n) is 21.2. The Hall–Kier alpha value is -12.5. The number of benzene rings is 11. The zero-order valence-electron chi connectivity index (χ0n) is 73.0. The molecule has 0 bridgehead atoms. The van der Waals surface area contributed by atoms with Crippen LogP contribution < -0.4 is 26.6 Å². The number of carbonyl (C=O) groups excluding carboxylic acids is 5. The second kappa shape index (κ2) is 52.2. The number of nitrogens with zero attached hydrogens (tertiary/aromatic N) is 3. The molecule has 0 radical (unpaired) electrons. The minimum Gasteiger partial charge on any atom is -0.380 e. The minimum absolute atomic E-state index is 0.00409. The molecular formula is C107H103Cl5N8O10. The van der Waals surface area contributed by atoms with Gasteiger partial charge in [-0.3, -0.25) is 38.9 Å².